The number of rotatable bonds is 4. The van der Waals surface area contributed by atoms with Crippen LogP contribution in [0.15, 0.2) is 29.2 Å². The van der Waals surface area contributed by atoms with Gasteiger partial charge < -0.3 is 14.6 Å². The first-order valence-electron chi connectivity index (χ1n) is 5.61. The van der Waals surface area contributed by atoms with Gasteiger partial charge in [0.05, 0.1) is 10.9 Å². The van der Waals surface area contributed by atoms with Crippen molar-refractivity contribution in [3.63, 3.8) is 0 Å². The Morgan fingerprint density at radius 2 is 2.10 bits per heavy atom. The van der Waals surface area contributed by atoms with Crippen molar-refractivity contribution < 1.29 is 19.4 Å². The van der Waals surface area contributed by atoms with Crippen molar-refractivity contribution in [3.05, 3.63) is 34.7 Å². The Hall–Kier alpha value is -1.86. The van der Waals surface area contributed by atoms with Crippen LogP contribution in [0.1, 0.15) is 5.56 Å². The molecular weight excluding hydrogens is 298 g/mol. The van der Waals surface area contributed by atoms with Crippen LogP contribution in [0.3, 0.4) is 0 Å². The Kier molecular flexibility index (Phi) is 4.41. The molecule has 1 aromatic carbocycles. The molecule has 7 heteroatoms. The number of hydrogen-bond donors (Lipinski definition) is 0. The minimum atomic E-state index is -1.28. The van der Waals surface area contributed by atoms with Crippen molar-refractivity contribution in [1.82, 2.24) is 4.90 Å². The number of carbonyl (C=O) groups is 2. The minimum Gasteiger partial charge on any atom is -0.546 e. The lowest BCUT2D eigenvalue weighted by atomic mass is 10.2. The average Bonchev–Trinajstić information content (AvgIpc) is 2.65. The molecule has 20 heavy (non-hydrogen) atoms. The van der Waals surface area contributed by atoms with E-state index in [1.807, 2.05) is 0 Å². The summed E-state index contributed by atoms with van der Waals surface area (Å²) in [6.45, 7) is -0.492. The molecule has 1 heterocycles. The number of thioether (sulfide) groups is 1. The second-order valence-corrected chi connectivity index (χ2v) is 5.65. The Morgan fingerprint density at radius 3 is 2.60 bits per heavy atom. The highest BCUT2D eigenvalue weighted by Gasteiger charge is 2.28. The summed E-state index contributed by atoms with van der Waals surface area (Å²) >= 11 is 6.28. The molecule has 2 rings (SSSR count). The number of aliphatic carboxylic acids is 1. The van der Waals surface area contributed by atoms with E-state index in [9.17, 15) is 14.7 Å². The fraction of sp³-hybridized carbons (Fsp3) is 0.154. The standard InChI is InChI=1S/C13H11NO4S2/c1-14-12(17)10(20-13(14)19)6-8-2-4-9(5-3-8)18-7-11(15)16/h2-6H,7H2,1H3,(H,15,16)/p-1/b10-6+. The van der Waals surface area contributed by atoms with E-state index in [1.54, 1.807) is 37.4 Å². The van der Waals surface area contributed by atoms with E-state index in [0.717, 1.165) is 5.56 Å². The lowest BCUT2D eigenvalue weighted by molar-refractivity contribution is -0.307. The van der Waals surface area contributed by atoms with E-state index in [2.05, 4.69) is 0 Å². The molecule has 0 saturated carbocycles. The van der Waals surface area contributed by atoms with Gasteiger partial charge in [-0.15, -0.1) is 0 Å². The molecule has 0 aliphatic carbocycles. The fourth-order valence-electron chi connectivity index (χ4n) is 1.50. The van der Waals surface area contributed by atoms with E-state index >= 15 is 0 Å². The summed E-state index contributed by atoms with van der Waals surface area (Å²) in [5.41, 5.74) is 0.805. The second-order valence-electron chi connectivity index (χ2n) is 3.97. The zero-order valence-electron chi connectivity index (χ0n) is 10.5. The first kappa shape index (κ1) is 14.5. The van der Waals surface area contributed by atoms with Crippen molar-refractivity contribution >= 4 is 46.3 Å². The Labute approximate surface area is 125 Å². The number of amides is 1. The van der Waals surface area contributed by atoms with Crippen LogP contribution in [0.2, 0.25) is 0 Å². The second kappa shape index (κ2) is 6.06. The Bertz CT molecular complexity index is 595. The molecule has 0 spiro atoms. The van der Waals surface area contributed by atoms with Gasteiger partial charge in [-0.05, 0) is 23.8 Å². The molecule has 1 saturated heterocycles. The molecular formula is C13H10NO4S2-. The van der Waals surface area contributed by atoms with Gasteiger partial charge in [-0.3, -0.25) is 9.69 Å². The van der Waals surface area contributed by atoms with Crippen LogP contribution in [0.4, 0.5) is 0 Å². The van der Waals surface area contributed by atoms with Crippen molar-refractivity contribution in [1.29, 1.82) is 0 Å². The molecule has 0 aromatic heterocycles. The Morgan fingerprint density at radius 1 is 1.45 bits per heavy atom. The maximum atomic E-state index is 11.8. The van der Waals surface area contributed by atoms with Crippen molar-refractivity contribution in [3.8, 4) is 5.75 Å². The smallest absolute Gasteiger partial charge is 0.265 e. The zero-order valence-corrected chi connectivity index (χ0v) is 12.1. The molecule has 0 N–H and O–H groups in total. The molecule has 5 nitrogen and oxygen atoms in total. The molecule has 0 unspecified atom stereocenters. The van der Waals surface area contributed by atoms with Crippen LogP contribution in [0.25, 0.3) is 6.08 Å². The normalized spacial score (nSPS) is 16.9. The maximum absolute atomic E-state index is 11.8. The molecule has 1 aliphatic heterocycles. The first-order chi connectivity index (χ1) is 9.47. The van der Waals surface area contributed by atoms with Crippen LogP contribution in [0, 0.1) is 0 Å². The monoisotopic (exact) mass is 308 g/mol. The molecule has 104 valence electrons. The van der Waals surface area contributed by atoms with E-state index in [1.165, 1.54) is 16.7 Å². The topological polar surface area (TPSA) is 69.7 Å². The van der Waals surface area contributed by atoms with Crippen molar-refractivity contribution in [2.24, 2.45) is 0 Å². The number of benzene rings is 1. The summed E-state index contributed by atoms with van der Waals surface area (Å²) in [7, 11) is 1.63. The summed E-state index contributed by atoms with van der Waals surface area (Å²) in [5.74, 6) is -0.979. The third kappa shape index (κ3) is 3.37. The van der Waals surface area contributed by atoms with Crippen LogP contribution < -0.4 is 9.84 Å². The highest BCUT2D eigenvalue weighted by Crippen LogP contribution is 2.31. The van der Waals surface area contributed by atoms with E-state index in [-0.39, 0.29) is 5.91 Å². The number of hydrogen-bond acceptors (Lipinski definition) is 6. The fourth-order valence-corrected chi connectivity index (χ4v) is 2.68. The first-order valence-corrected chi connectivity index (χ1v) is 6.84. The number of nitrogens with zero attached hydrogens (tertiary/aromatic N) is 1. The number of carboxylic acid groups (broad SMARTS) is 1. The Balaban J connectivity index is 2.09. The minimum absolute atomic E-state index is 0.128. The number of likely N-dealkylation sites (N-methyl/N-ethyl adjacent to an activating group) is 1. The molecule has 1 aliphatic rings. The molecule has 1 aromatic rings. The lowest BCUT2D eigenvalue weighted by Crippen LogP contribution is -2.28. The van der Waals surface area contributed by atoms with Crippen molar-refractivity contribution in [2.45, 2.75) is 0 Å². The number of thiocarbonyl (C=S) groups is 1. The predicted molar refractivity (Wildman–Crippen MR) is 77.9 cm³/mol. The predicted octanol–water partition coefficient (Wildman–Crippen LogP) is 0.646. The van der Waals surface area contributed by atoms with Gasteiger partial charge in [-0.25, -0.2) is 0 Å². The third-order valence-electron chi connectivity index (χ3n) is 2.52. The van der Waals surface area contributed by atoms with Gasteiger partial charge in [-0.2, -0.15) is 0 Å². The zero-order chi connectivity index (χ0) is 14.7. The van der Waals surface area contributed by atoms with Gasteiger partial charge in [0.2, 0.25) is 0 Å². The van der Waals surface area contributed by atoms with Crippen molar-refractivity contribution in [2.75, 3.05) is 13.7 Å². The summed E-state index contributed by atoms with van der Waals surface area (Å²) < 4.78 is 5.49. The largest absolute Gasteiger partial charge is 0.546 e. The van der Waals surface area contributed by atoms with Crippen LogP contribution in [-0.4, -0.2) is 34.8 Å². The molecule has 1 fully saturated rings. The van der Waals surface area contributed by atoms with Crippen LogP contribution in [0.5, 0.6) is 5.75 Å². The quantitative estimate of drug-likeness (QED) is 0.601. The van der Waals surface area contributed by atoms with Gasteiger partial charge in [0.25, 0.3) is 5.91 Å². The summed E-state index contributed by atoms with van der Waals surface area (Å²) in [4.78, 5) is 24.1. The molecule has 1 amide bonds. The van der Waals surface area contributed by atoms with Gasteiger partial charge >= 0.3 is 0 Å². The van der Waals surface area contributed by atoms with Crippen LogP contribution in [-0.2, 0) is 9.59 Å². The maximum Gasteiger partial charge on any atom is 0.265 e. The highest BCUT2D eigenvalue weighted by atomic mass is 32.2. The lowest BCUT2D eigenvalue weighted by Gasteiger charge is -2.06. The van der Waals surface area contributed by atoms with Gasteiger partial charge in [0.15, 0.2) is 0 Å². The van der Waals surface area contributed by atoms with E-state index < -0.39 is 12.6 Å². The van der Waals surface area contributed by atoms with E-state index in [4.69, 9.17) is 17.0 Å². The molecule has 0 bridgehead atoms. The molecule has 0 atom stereocenters. The van der Waals surface area contributed by atoms with Gasteiger partial charge in [-0.1, -0.05) is 36.1 Å². The van der Waals surface area contributed by atoms with E-state index in [0.29, 0.717) is 15.0 Å². The SMILES string of the molecule is CN1C(=O)/C(=C\c2ccc(OCC(=O)[O-])cc2)SC1=S. The van der Waals surface area contributed by atoms with Gasteiger partial charge in [0.1, 0.15) is 16.7 Å². The number of carbonyl (C=O) groups excluding carboxylic acids is 2. The van der Waals surface area contributed by atoms with Crippen LogP contribution >= 0.6 is 24.0 Å². The number of ether oxygens (including phenoxy) is 1. The third-order valence-corrected chi connectivity index (χ3v) is 4.01. The summed E-state index contributed by atoms with van der Waals surface area (Å²) in [5, 5.41) is 10.3. The summed E-state index contributed by atoms with van der Waals surface area (Å²) in [6, 6.07) is 6.71. The highest BCUT2D eigenvalue weighted by molar-refractivity contribution is 8.26. The molecule has 0 radical (unpaired) electrons. The van der Waals surface area contributed by atoms with Gasteiger partial charge in [0, 0.05) is 7.05 Å². The number of carboxylic acids is 1. The summed E-state index contributed by atoms with van der Waals surface area (Å²) in [6.07, 6.45) is 1.73. The average molecular weight is 308 g/mol.